The van der Waals surface area contributed by atoms with E-state index in [0.29, 0.717) is 24.0 Å². The highest BCUT2D eigenvalue weighted by Gasteiger charge is 2.35. The van der Waals surface area contributed by atoms with Crippen molar-refractivity contribution in [2.24, 2.45) is 0 Å². The van der Waals surface area contributed by atoms with Gasteiger partial charge in [-0.2, -0.15) is 4.98 Å². The van der Waals surface area contributed by atoms with Gasteiger partial charge in [-0.25, -0.2) is 4.79 Å². The van der Waals surface area contributed by atoms with E-state index in [0.717, 1.165) is 34.4 Å². The van der Waals surface area contributed by atoms with E-state index in [1.807, 2.05) is 80.6 Å². The van der Waals surface area contributed by atoms with Crippen LogP contribution in [0.4, 0.5) is 4.79 Å². The van der Waals surface area contributed by atoms with Gasteiger partial charge in [0.15, 0.2) is 0 Å². The number of carbonyl (C=O) groups is 1. The number of amides is 2. The van der Waals surface area contributed by atoms with Crippen molar-refractivity contribution in [2.75, 3.05) is 13.7 Å². The van der Waals surface area contributed by atoms with Crippen LogP contribution in [0.15, 0.2) is 89.1 Å². The first-order valence-corrected chi connectivity index (χ1v) is 11.9. The van der Waals surface area contributed by atoms with Gasteiger partial charge in [-0.15, -0.1) is 0 Å². The maximum Gasteiger partial charge on any atom is 0.322 e. The first kappa shape index (κ1) is 23.4. The summed E-state index contributed by atoms with van der Waals surface area (Å²) in [4.78, 5) is 19.7. The zero-order valence-electron chi connectivity index (χ0n) is 20.6. The highest BCUT2D eigenvalue weighted by atomic mass is 16.5. The lowest BCUT2D eigenvalue weighted by atomic mass is 9.94. The molecule has 182 valence electrons. The molecule has 0 saturated heterocycles. The van der Waals surface area contributed by atoms with Crippen LogP contribution in [0.5, 0.6) is 5.75 Å². The Balaban J connectivity index is 1.54. The monoisotopic (exact) mass is 480 g/mol. The van der Waals surface area contributed by atoms with E-state index in [-0.39, 0.29) is 6.03 Å². The number of aryl methyl sites for hydroxylation is 1. The van der Waals surface area contributed by atoms with Gasteiger partial charge in [0.05, 0.1) is 18.7 Å². The van der Waals surface area contributed by atoms with Crippen molar-refractivity contribution in [3.05, 3.63) is 107 Å². The Morgan fingerprint density at radius 2 is 1.78 bits per heavy atom. The van der Waals surface area contributed by atoms with Crippen molar-refractivity contribution in [3.8, 4) is 17.1 Å². The number of rotatable bonds is 7. The molecule has 0 saturated carbocycles. The molecule has 2 amide bonds. The van der Waals surface area contributed by atoms with E-state index in [4.69, 9.17) is 14.2 Å². The van der Waals surface area contributed by atoms with Crippen LogP contribution in [-0.2, 0) is 6.42 Å². The number of ether oxygens (including phenoxy) is 1. The van der Waals surface area contributed by atoms with Gasteiger partial charge >= 0.3 is 6.03 Å². The smallest absolute Gasteiger partial charge is 0.322 e. The van der Waals surface area contributed by atoms with Crippen molar-refractivity contribution < 1.29 is 14.1 Å². The maximum atomic E-state index is 13.3. The molecule has 0 fully saturated rings. The summed E-state index contributed by atoms with van der Waals surface area (Å²) in [6.07, 6.45) is 0.729. The van der Waals surface area contributed by atoms with Crippen molar-refractivity contribution in [2.45, 2.75) is 26.3 Å². The number of nitrogens with one attached hydrogen (secondary N) is 1. The summed E-state index contributed by atoms with van der Waals surface area (Å²) in [5.74, 6) is 1.55. The van der Waals surface area contributed by atoms with Crippen LogP contribution in [0, 0.1) is 6.92 Å². The van der Waals surface area contributed by atoms with E-state index in [1.54, 1.807) is 12.0 Å². The molecular formula is C29H28N4O3. The second kappa shape index (κ2) is 10.1. The Hall–Kier alpha value is -4.39. The topological polar surface area (TPSA) is 80.5 Å². The van der Waals surface area contributed by atoms with Gasteiger partial charge in [-0.1, -0.05) is 77.5 Å². The van der Waals surface area contributed by atoms with Gasteiger partial charge in [0.25, 0.3) is 5.89 Å². The molecule has 3 aromatic carbocycles. The Labute approximate surface area is 210 Å². The summed E-state index contributed by atoms with van der Waals surface area (Å²) in [6.45, 7) is 4.51. The van der Waals surface area contributed by atoms with E-state index < -0.39 is 6.04 Å². The van der Waals surface area contributed by atoms with Gasteiger partial charge in [-0.3, -0.25) is 4.90 Å². The Morgan fingerprint density at radius 1 is 1.00 bits per heavy atom. The molecule has 1 aliphatic rings. The fourth-order valence-corrected chi connectivity index (χ4v) is 4.43. The SMILES string of the molecule is COc1cccc(-c2noc(C3=C(C)N(CCc4ccccc4)C(=O)NC3c3ccc(C)cc3)n2)c1. The number of urea groups is 1. The lowest BCUT2D eigenvalue weighted by Gasteiger charge is -2.35. The summed E-state index contributed by atoms with van der Waals surface area (Å²) in [6, 6.07) is 25.2. The summed E-state index contributed by atoms with van der Waals surface area (Å²) in [7, 11) is 1.62. The molecule has 0 radical (unpaired) electrons. The quantitative estimate of drug-likeness (QED) is 0.362. The molecule has 7 nitrogen and oxygen atoms in total. The molecule has 1 N–H and O–H groups in total. The molecule has 0 aliphatic carbocycles. The molecule has 0 spiro atoms. The van der Waals surface area contributed by atoms with E-state index >= 15 is 0 Å². The minimum atomic E-state index is -0.412. The molecule has 0 bridgehead atoms. The summed E-state index contributed by atoms with van der Waals surface area (Å²) < 4.78 is 11.1. The number of hydrogen-bond acceptors (Lipinski definition) is 5. The fraction of sp³-hybridized carbons (Fsp3) is 0.207. The van der Waals surface area contributed by atoms with Crippen molar-refractivity contribution in [1.29, 1.82) is 0 Å². The van der Waals surface area contributed by atoms with Gasteiger partial charge in [0, 0.05) is 17.8 Å². The molecule has 2 heterocycles. The van der Waals surface area contributed by atoms with Crippen LogP contribution in [-0.4, -0.2) is 34.7 Å². The number of methoxy groups -OCH3 is 1. The predicted octanol–water partition coefficient (Wildman–Crippen LogP) is 5.79. The number of benzene rings is 3. The van der Waals surface area contributed by atoms with Gasteiger partial charge in [0.2, 0.25) is 5.82 Å². The molecule has 4 aromatic rings. The fourth-order valence-electron chi connectivity index (χ4n) is 4.43. The first-order chi connectivity index (χ1) is 17.5. The highest BCUT2D eigenvalue weighted by molar-refractivity contribution is 5.87. The molecule has 1 unspecified atom stereocenters. The average molecular weight is 481 g/mol. The zero-order valence-corrected chi connectivity index (χ0v) is 20.6. The third-order valence-corrected chi connectivity index (χ3v) is 6.46. The van der Waals surface area contributed by atoms with Crippen molar-refractivity contribution in [1.82, 2.24) is 20.4 Å². The molecule has 1 aliphatic heterocycles. The maximum absolute atomic E-state index is 13.3. The average Bonchev–Trinajstić information content (AvgIpc) is 3.39. The third kappa shape index (κ3) is 4.73. The van der Waals surface area contributed by atoms with Crippen LogP contribution in [0.2, 0.25) is 0 Å². The lowest BCUT2D eigenvalue weighted by Crippen LogP contribution is -2.46. The molecular weight excluding hydrogens is 452 g/mol. The van der Waals surface area contributed by atoms with Crippen LogP contribution in [0.3, 0.4) is 0 Å². The number of carbonyl (C=O) groups excluding carboxylic acids is 1. The highest BCUT2D eigenvalue weighted by Crippen LogP contribution is 2.37. The number of hydrogen-bond donors (Lipinski definition) is 1. The van der Waals surface area contributed by atoms with E-state index in [9.17, 15) is 4.79 Å². The Morgan fingerprint density at radius 3 is 2.53 bits per heavy atom. The van der Waals surface area contributed by atoms with E-state index in [1.165, 1.54) is 5.56 Å². The normalized spacial score (nSPS) is 15.7. The second-order valence-corrected chi connectivity index (χ2v) is 8.83. The standard InChI is InChI=1S/C29H28N4O3/c1-19-12-14-22(15-13-19)26-25(28-31-27(32-36-28)23-10-7-11-24(18-23)35-3)20(2)33(29(34)30-26)17-16-21-8-5-4-6-9-21/h4-15,18,26H,16-17H2,1-3H3,(H,30,34). The van der Waals surface area contributed by atoms with Crippen molar-refractivity contribution in [3.63, 3.8) is 0 Å². The van der Waals surface area contributed by atoms with Crippen LogP contribution in [0.1, 0.15) is 35.5 Å². The predicted molar refractivity (Wildman–Crippen MR) is 138 cm³/mol. The van der Waals surface area contributed by atoms with Gasteiger partial charge < -0.3 is 14.6 Å². The minimum Gasteiger partial charge on any atom is -0.497 e. The van der Waals surface area contributed by atoms with Crippen LogP contribution >= 0.6 is 0 Å². The molecule has 5 rings (SSSR count). The largest absolute Gasteiger partial charge is 0.497 e. The Kier molecular flexibility index (Phi) is 6.54. The summed E-state index contributed by atoms with van der Waals surface area (Å²) in [5.41, 5.74) is 5.63. The zero-order chi connectivity index (χ0) is 25.1. The third-order valence-electron chi connectivity index (χ3n) is 6.46. The number of allylic oxidation sites excluding steroid dienone is 1. The lowest BCUT2D eigenvalue weighted by molar-refractivity contribution is 0.205. The van der Waals surface area contributed by atoms with Crippen LogP contribution in [0.25, 0.3) is 17.0 Å². The summed E-state index contributed by atoms with van der Waals surface area (Å²) >= 11 is 0. The van der Waals surface area contributed by atoms with Crippen LogP contribution < -0.4 is 10.1 Å². The summed E-state index contributed by atoms with van der Waals surface area (Å²) in [5, 5.41) is 7.41. The minimum absolute atomic E-state index is 0.148. The van der Waals surface area contributed by atoms with Gasteiger partial charge in [0.1, 0.15) is 5.75 Å². The molecule has 1 atom stereocenters. The number of nitrogens with zero attached hydrogens (tertiary/aromatic N) is 3. The Bertz CT molecular complexity index is 1390. The molecule has 1 aromatic heterocycles. The first-order valence-electron chi connectivity index (χ1n) is 11.9. The second-order valence-electron chi connectivity index (χ2n) is 8.83. The van der Waals surface area contributed by atoms with Gasteiger partial charge in [-0.05, 0) is 43.5 Å². The van der Waals surface area contributed by atoms with E-state index in [2.05, 4.69) is 22.6 Å². The molecule has 7 heteroatoms. The molecule has 36 heavy (non-hydrogen) atoms. The van der Waals surface area contributed by atoms with Crippen molar-refractivity contribution >= 4 is 11.6 Å². The number of aromatic nitrogens is 2.